The fourth-order valence-corrected chi connectivity index (χ4v) is 3.03. The summed E-state index contributed by atoms with van der Waals surface area (Å²) in [4.78, 5) is 29.8. The first-order valence-electron chi connectivity index (χ1n) is 6.21. The number of amides is 2. The van der Waals surface area contributed by atoms with E-state index in [2.05, 4.69) is 4.98 Å². The van der Waals surface area contributed by atoms with E-state index in [1.54, 1.807) is 12.1 Å². The number of hydrogen-bond acceptors (Lipinski definition) is 4. The summed E-state index contributed by atoms with van der Waals surface area (Å²) in [7, 11) is 0. The molecule has 2 amide bonds. The highest BCUT2D eigenvalue weighted by molar-refractivity contribution is 6.22. The molecule has 1 saturated carbocycles. The monoisotopic (exact) mass is 245 g/mol. The van der Waals surface area contributed by atoms with Crippen molar-refractivity contribution in [1.29, 1.82) is 0 Å². The number of aromatic nitrogens is 1. The topological polar surface area (TPSA) is 76.3 Å². The molecule has 1 aromatic heterocycles. The SMILES string of the molecule is Nc1ccc(N2C(=O)CC3(CCCC3)C2=O)cn1. The molecule has 0 aromatic carbocycles. The molecular formula is C13H15N3O2. The minimum atomic E-state index is -0.432. The highest BCUT2D eigenvalue weighted by Crippen LogP contribution is 2.47. The Kier molecular flexibility index (Phi) is 2.36. The van der Waals surface area contributed by atoms with Gasteiger partial charge in [-0.2, -0.15) is 0 Å². The molecule has 2 N–H and O–H groups in total. The minimum absolute atomic E-state index is 0.0587. The first-order chi connectivity index (χ1) is 8.62. The second kappa shape index (κ2) is 3.80. The first kappa shape index (κ1) is 11.2. The van der Waals surface area contributed by atoms with Crippen molar-refractivity contribution in [1.82, 2.24) is 4.98 Å². The molecule has 94 valence electrons. The molecule has 0 bridgehead atoms. The van der Waals surface area contributed by atoms with Crippen molar-refractivity contribution in [3.63, 3.8) is 0 Å². The lowest BCUT2D eigenvalue weighted by atomic mass is 9.84. The van der Waals surface area contributed by atoms with Gasteiger partial charge in [0.05, 0.1) is 17.3 Å². The zero-order valence-corrected chi connectivity index (χ0v) is 10.1. The lowest BCUT2D eigenvalue weighted by Crippen LogP contribution is -2.34. The van der Waals surface area contributed by atoms with Crippen LogP contribution in [0.2, 0.25) is 0 Å². The van der Waals surface area contributed by atoms with Crippen LogP contribution in [0.25, 0.3) is 0 Å². The van der Waals surface area contributed by atoms with Gasteiger partial charge in [0.1, 0.15) is 5.82 Å². The maximum absolute atomic E-state index is 12.5. The molecule has 1 aromatic rings. The summed E-state index contributed by atoms with van der Waals surface area (Å²) in [6.07, 6.45) is 5.56. The van der Waals surface area contributed by atoms with Crippen molar-refractivity contribution < 1.29 is 9.59 Å². The van der Waals surface area contributed by atoms with Crippen LogP contribution in [0, 0.1) is 5.41 Å². The van der Waals surface area contributed by atoms with Gasteiger partial charge < -0.3 is 5.73 Å². The van der Waals surface area contributed by atoms with E-state index in [1.807, 2.05) is 0 Å². The largest absolute Gasteiger partial charge is 0.384 e. The van der Waals surface area contributed by atoms with E-state index in [1.165, 1.54) is 11.1 Å². The van der Waals surface area contributed by atoms with E-state index >= 15 is 0 Å². The molecule has 2 fully saturated rings. The Morgan fingerprint density at radius 3 is 2.56 bits per heavy atom. The molecule has 2 aliphatic rings. The third kappa shape index (κ3) is 1.50. The Hall–Kier alpha value is -1.91. The Morgan fingerprint density at radius 2 is 1.94 bits per heavy atom. The van der Waals surface area contributed by atoms with Crippen molar-refractivity contribution in [2.24, 2.45) is 5.41 Å². The fourth-order valence-electron chi connectivity index (χ4n) is 3.03. The Labute approximate surface area is 105 Å². The normalized spacial score (nSPS) is 22.1. The second-order valence-electron chi connectivity index (χ2n) is 5.14. The Bertz CT molecular complexity index is 503. The Balaban J connectivity index is 1.95. The van der Waals surface area contributed by atoms with Gasteiger partial charge in [-0.05, 0) is 25.0 Å². The van der Waals surface area contributed by atoms with E-state index in [9.17, 15) is 9.59 Å². The molecule has 3 rings (SSSR count). The average molecular weight is 245 g/mol. The third-order valence-electron chi connectivity index (χ3n) is 3.99. The highest BCUT2D eigenvalue weighted by atomic mass is 16.2. The predicted octanol–water partition coefficient (Wildman–Crippen LogP) is 1.49. The number of carbonyl (C=O) groups is 2. The average Bonchev–Trinajstić information content (AvgIpc) is 2.89. The highest BCUT2D eigenvalue weighted by Gasteiger charge is 2.53. The van der Waals surface area contributed by atoms with E-state index in [4.69, 9.17) is 5.73 Å². The van der Waals surface area contributed by atoms with Crippen molar-refractivity contribution >= 4 is 23.3 Å². The summed E-state index contributed by atoms with van der Waals surface area (Å²) in [6, 6.07) is 3.28. The van der Waals surface area contributed by atoms with Crippen molar-refractivity contribution in [2.75, 3.05) is 10.6 Å². The molecule has 0 unspecified atom stereocenters. The van der Waals surface area contributed by atoms with E-state index in [0.29, 0.717) is 17.9 Å². The first-order valence-corrected chi connectivity index (χ1v) is 6.21. The number of nitrogens with zero attached hydrogens (tertiary/aromatic N) is 2. The van der Waals surface area contributed by atoms with Gasteiger partial charge in [-0.1, -0.05) is 12.8 Å². The molecule has 18 heavy (non-hydrogen) atoms. The maximum atomic E-state index is 12.5. The van der Waals surface area contributed by atoms with E-state index in [-0.39, 0.29) is 11.8 Å². The van der Waals surface area contributed by atoms with Gasteiger partial charge in [-0.3, -0.25) is 9.59 Å². The second-order valence-corrected chi connectivity index (χ2v) is 5.14. The summed E-state index contributed by atoms with van der Waals surface area (Å²) < 4.78 is 0. The molecule has 5 heteroatoms. The van der Waals surface area contributed by atoms with Crippen LogP contribution in [0.3, 0.4) is 0 Å². The number of pyridine rings is 1. The number of nitrogens with two attached hydrogens (primary N) is 1. The van der Waals surface area contributed by atoms with Crippen molar-refractivity contribution in [2.45, 2.75) is 32.1 Å². The third-order valence-corrected chi connectivity index (χ3v) is 3.99. The van der Waals surface area contributed by atoms with Gasteiger partial charge in [-0.15, -0.1) is 0 Å². The molecule has 1 saturated heterocycles. The predicted molar refractivity (Wildman–Crippen MR) is 66.7 cm³/mol. The van der Waals surface area contributed by atoms with E-state index < -0.39 is 5.41 Å². The molecule has 1 spiro atoms. The van der Waals surface area contributed by atoms with Gasteiger partial charge in [0, 0.05) is 6.42 Å². The summed E-state index contributed by atoms with van der Waals surface area (Å²) in [6.45, 7) is 0. The lowest BCUT2D eigenvalue weighted by Gasteiger charge is -2.20. The van der Waals surface area contributed by atoms with Crippen LogP contribution in [-0.2, 0) is 9.59 Å². The van der Waals surface area contributed by atoms with Gasteiger partial charge in [0.25, 0.3) is 0 Å². The smallest absolute Gasteiger partial charge is 0.240 e. The number of anilines is 2. The van der Waals surface area contributed by atoms with Gasteiger partial charge in [0.2, 0.25) is 11.8 Å². The maximum Gasteiger partial charge on any atom is 0.240 e. The quantitative estimate of drug-likeness (QED) is 0.760. The van der Waals surface area contributed by atoms with Crippen LogP contribution in [0.5, 0.6) is 0 Å². The fraction of sp³-hybridized carbons (Fsp3) is 0.462. The summed E-state index contributed by atoms with van der Waals surface area (Å²) >= 11 is 0. The van der Waals surface area contributed by atoms with Gasteiger partial charge >= 0.3 is 0 Å². The van der Waals surface area contributed by atoms with Crippen molar-refractivity contribution in [3.8, 4) is 0 Å². The van der Waals surface area contributed by atoms with Gasteiger partial charge in [-0.25, -0.2) is 9.88 Å². The molecule has 1 aliphatic heterocycles. The summed E-state index contributed by atoms with van der Waals surface area (Å²) in [5, 5.41) is 0. The van der Waals surface area contributed by atoms with Crippen LogP contribution in [0.1, 0.15) is 32.1 Å². The number of carbonyl (C=O) groups excluding carboxylic acids is 2. The minimum Gasteiger partial charge on any atom is -0.384 e. The molecular weight excluding hydrogens is 230 g/mol. The molecule has 0 radical (unpaired) electrons. The zero-order chi connectivity index (χ0) is 12.8. The summed E-state index contributed by atoms with van der Waals surface area (Å²) in [5.74, 6) is 0.207. The molecule has 1 aliphatic carbocycles. The summed E-state index contributed by atoms with van der Waals surface area (Å²) in [5.41, 5.74) is 5.61. The van der Waals surface area contributed by atoms with Crippen LogP contribution < -0.4 is 10.6 Å². The van der Waals surface area contributed by atoms with Crippen LogP contribution in [0.15, 0.2) is 18.3 Å². The number of imide groups is 1. The van der Waals surface area contributed by atoms with Crippen LogP contribution in [0.4, 0.5) is 11.5 Å². The number of hydrogen-bond donors (Lipinski definition) is 1. The van der Waals surface area contributed by atoms with Gasteiger partial charge in [0.15, 0.2) is 0 Å². The standard InChI is InChI=1S/C13H15N3O2/c14-10-4-3-9(8-15-10)16-11(17)7-13(12(16)18)5-1-2-6-13/h3-4,8H,1-2,5-7H2,(H2,14,15). The van der Waals surface area contributed by atoms with Crippen LogP contribution >= 0.6 is 0 Å². The molecule has 2 heterocycles. The number of nitrogen functional groups attached to an aromatic ring is 1. The number of rotatable bonds is 1. The molecule has 0 atom stereocenters. The zero-order valence-electron chi connectivity index (χ0n) is 10.1. The van der Waals surface area contributed by atoms with Crippen molar-refractivity contribution in [3.05, 3.63) is 18.3 Å². The Morgan fingerprint density at radius 1 is 1.22 bits per heavy atom. The molecule has 5 nitrogen and oxygen atoms in total. The lowest BCUT2D eigenvalue weighted by molar-refractivity contribution is -0.125. The van der Waals surface area contributed by atoms with E-state index in [0.717, 1.165) is 25.7 Å². The van der Waals surface area contributed by atoms with Crippen LogP contribution in [-0.4, -0.2) is 16.8 Å².